The van der Waals surface area contributed by atoms with Crippen LogP contribution < -0.4 is 5.73 Å². The minimum Gasteiger partial charge on any atom is -0.382 e. The fourth-order valence-corrected chi connectivity index (χ4v) is 2.71. The first kappa shape index (κ1) is 10.5. The molecule has 0 aliphatic heterocycles. The van der Waals surface area contributed by atoms with Crippen LogP contribution in [-0.4, -0.2) is 10.2 Å². The standard InChI is InChI=1S/C12H21N3/c1-8(2)11-10(14-15-12(11)13)7-9-5-3-4-6-9/h8-9H,3-7H2,1-2H3,(H3,13,14,15). The summed E-state index contributed by atoms with van der Waals surface area (Å²) in [6, 6.07) is 0. The first-order chi connectivity index (χ1) is 7.18. The van der Waals surface area contributed by atoms with E-state index in [0.717, 1.165) is 12.3 Å². The highest BCUT2D eigenvalue weighted by molar-refractivity contribution is 5.44. The van der Waals surface area contributed by atoms with Gasteiger partial charge in [0.2, 0.25) is 0 Å². The van der Waals surface area contributed by atoms with E-state index < -0.39 is 0 Å². The van der Waals surface area contributed by atoms with Crippen LogP contribution in [0.25, 0.3) is 0 Å². The normalized spacial score (nSPS) is 17.8. The van der Waals surface area contributed by atoms with E-state index in [4.69, 9.17) is 5.73 Å². The molecule has 1 saturated carbocycles. The summed E-state index contributed by atoms with van der Waals surface area (Å²) in [4.78, 5) is 0. The van der Waals surface area contributed by atoms with Crippen LogP contribution in [0.4, 0.5) is 5.82 Å². The van der Waals surface area contributed by atoms with Crippen LogP contribution in [-0.2, 0) is 6.42 Å². The average molecular weight is 207 g/mol. The van der Waals surface area contributed by atoms with Crippen molar-refractivity contribution >= 4 is 5.82 Å². The Morgan fingerprint density at radius 2 is 2.07 bits per heavy atom. The number of nitrogens with one attached hydrogen (secondary N) is 1. The van der Waals surface area contributed by atoms with E-state index in [9.17, 15) is 0 Å². The number of hydrogen-bond acceptors (Lipinski definition) is 2. The summed E-state index contributed by atoms with van der Waals surface area (Å²) in [6.45, 7) is 4.36. The lowest BCUT2D eigenvalue weighted by molar-refractivity contribution is 0.534. The molecule has 0 radical (unpaired) electrons. The van der Waals surface area contributed by atoms with Crippen LogP contribution in [0.15, 0.2) is 0 Å². The van der Waals surface area contributed by atoms with E-state index in [2.05, 4.69) is 24.0 Å². The Bertz CT molecular complexity index is 322. The van der Waals surface area contributed by atoms with Crippen LogP contribution in [0, 0.1) is 5.92 Å². The van der Waals surface area contributed by atoms with Gasteiger partial charge in [0, 0.05) is 11.3 Å². The molecule has 1 aliphatic rings. The van der Waals surface area contributed by atoms with Crippen LogP contribution in [0.5, 0.6) is 0 Å². The summed E-state index contributed by atoms with van der Waals surface area (Å²) >= 11 is 0. The molecule has 0 unspecified atom stereocenters. The fourth-order valence-electron chi connectivity index (χ4n) is 2.71. The van der Waals surface area contributed by atoms with E-state index in [0.29, 0.717) is 11.7 Å². The predicted molar refractivity (Wildman–Crippen MR) is 62.8 cm³/mol. The van der Waals surface area contributed by atoms with Crippen molar-refractivity contribution < 1.29 is 0 Å². The monoisotopic (exact) mass is 207 g/mol. The zero-order valence-corrected chi connectivity index (χ0v) is 9.71. The average Bonchev–Trinajstić information content (AvgIpc) is 2.76. The van der Waals surface area contributed by atoms with E-state index in [1.807, 2.05) is 0 Å². The van der Waals surface area contributed by atoms with Crippen molar-refractivity contribution in [2.24, 2.45) is 5.92 Å². The second-order valence-electron chi connectivity index (χ2n) is 5.01. The quantitative estimate of drug-likeness (QED) is 0.800. The Labute approximate surface area is 91.4 Å². The lowest BCUT2D eigenvalue weighted by Crippen LogP contribution is -2.03. The largest absolute Gasteiger partial charge is 0.382 e. The number of H-pyrrole nitrogens is 1. The zero-order valence-electron chi connectivity index (χ0n) is 9.71. The molecule has 84 valence electrons. The van der Waals surface area contributed by atoms with Crippen molar-refractivity contribution in [2.45, 2.75) is 51.9 Å². The van der Waals surface area contributed by atoms with Crippen molar-refractivity contribution in [1.29, 1.82) is 0 Å². The maximum Gasteiger partial charge on any atom is 0.148 e. The molecule has 1 heterocycles. The molecule has 1 fully saturated rings. The van der Waals surface area contributed by atoms with Gasteiger partial charge in [0.1, 0.15) is 5.82 Å². The molecule has 1 aromatic rings. The molecule has 3 N–H and O–H groups in total. The van der Waals surface area contributed by atoms with Gasteiger partial charge in [-0.3, -0.25) is 5.10 Å². The maximum absolute atomic E-state index is 5.87. The van der Waals surface area contributed by atoms with Gasteiger partial charge in [-0.25, -0.2) is 0 Å². The van der Waals surface area contributed by atoms with Gasteiger partial charge in [-0.15, -0.1) is 0 Å². The number of aromatic nitrogens is 2. The van der Waals surface area contributed by atoms with E-state index in [1.54, 1.807) is 0 Å². The highest BCUT2D eigenvalue weighted by Gasteiger charge is 2.20. The minimum absolute atomic E-state index is 0.472. The molecule has 3 heteroatoms. The summed E-state index contributed by atoms with van der Waals surface area (Å²) in [5.74, 6) is 2.01. The summed E-state index contributed by atoms with van der Waals surface area (Å²) < 4.78 is 0. The van der Waals surface area contributed by atoms with E-state index in [-0.39, 0.29) is 0 Å². The smallest absolute Gasteiger partial charge is 0.148 e. The number of anilines is 1. The van der Waals surface area contributed by atoms with Crippen molar-refractivity contribution in [1.82, 2.24) is 10.2 Å². The number of nitrogens with two attached hydrogens (primary N) is 1. The fraction of sp³-hybridized carbons (Fsp3) is 0.750. The van der Waals surface area contributed by atoms with Gasteiger partial charge in [0.25, 0.3) is 0 Å². The van der Waals surface area contributed by atoms with E-state index >= 15 is 0 Å². The SMILES string of the molecule is CC(C)c1c(N)n[nH]c1CC1CCCC1. The Morgan fingerprint density at radius 1 is 1.40 bits per heavy atom. The summed E-state index contributed by atoms with van der Waals surface area (Å²) in [6.07, 6.45) is 6.67. The third-order valence-corrected chi connectivity index (χ3v) is 3.46. The number of nitrogen functional groups attached to an aromatic ring is 1. The topological polar surface area (TPSA) is 54.7 Å². The lowest BCUT2D eigenvalue weighted by atomic mass is 9.95. The first-order valence-electron chi connectivity index (χ1n) is 6.01. The second-order valence-corrected chi connectivity index (χ2v) is 5.01. The van der Waals surface area contributed by atoms with Crippen LogP contribution >= 0.6 is 0 Å². The Hall–Kier alpha value is -0.990. The molecule has 0 bridgehead atoms. The van der Waals surface area contributed by atoms with Crippen LogP contribution in [0.2, 0.25) is 0 Å². The molecule has 0 saturated heterocycles. The molecule has 3 nitrogen and oxygen atoms in total. The highest BCUT2D eigenvalue weighted by Crippen LogP contribution is 2.31. The summed E-state index contributed by atoms with van der Waals surface area (Å²) in [5, 5.41) is 7.24. The van der Waals surface area contributed by atoms with E-state index in [1.165, 1.54) is 36.9 Å². The maximum atomic E-state index is 5.87. The van der Waals surface area contributed by atoms with Crippen molar-refractivity contribution in [3.05, 3.63) is 11.3 Å². The molecule has 1 aliphatic carbocycles. The Kier molecular flexibility index (Phi) is 2.98. The third-order valence-electron chi connectivity index (χ3n) is 3.46. The van der Waals surface area contributed by atoms with Crippen LogP contribution in [0.3, 0.4) is 0 Å². The van der Waals surface area contributed by atoms with Gasteiger partial charge in [-0.2, -0.15) is 5.10 Å². The molecular formula is C12H21N3. The van der Waals surface area contributed by atoms with Gasteiger partial charge >= 0.3 is 0 Å². The molecule has 0 spiro atoms. The van der Waals surface area contributed by atoms with Gasteiger partial charge < -0.3 is 5.73 Å². The molecule has 15 heavy (non-hydrogen) atoms. The molecular weight excluding hydrogens is 186 g/mol. The second kappa shape index (κ2) is 4.25. The third kappa shape index (κ3) is 2.16. The molecule has 1 aromatic heterocycles. The van der Waals surface area contributed by atoms with Crippen molar-refractivity contribution in [2.75, 3.05) is 5.73 Å². The molecule has 0 atom stereocenters. The number of hydrogen-bond donors (Lipinski definition) is 2. The van der Waals surface area contributed by atoms with Gasteiger partial charge in [-0.05, 0) is 18.3 Å². The number of rotatable bonds is 3. The lowest BCUT2D eigenvalue weighted by Gasteiger charge is -2.11. The highest BCUT2D eigenvalue weighted by atomic mass is 15.2. The first-order valence-corrected chi connectivity index (χ1v) is 6.01. The Balaban J connectivity index is 2.13. The number of aromatic amines is 1. The van der Waals surface area contributed by atoms with Crippen LogP contribution in [0.1, 0.15) is 56.7 Å². The Morgan fingerprint density at radius 3 is 2.67 bits per heavy atom. The summed E-state index contributed by atoms with van der Waals surface area (Å²) in [5.41, 5.74) is 8.38. The molecule has 0 amide bonds. The van der Waals surface area contributed by atoms with Crippen molar-refractivity contribution in [3.63, 3.8) is 0 Å². The number of nitrogens with zero attached hydrogens (tertiary/aromatic N) is 1. The van der Waals surface area contributed by atoms with Gasteiger partial charge in [0.15, 0.2) is 0 Å². The molecule has 0 aromatic carbocycles. The summed E-state index contributed by atoms with van der Waals surface area (Å²) in [7, 11) is 0. The zero-order chi connectivity index (χ0) is 10.8. The van der Waals surface area contributed by atoms with Gasteiger partial charge in [0.05, 0.1) is 0 Å². The predicted octanol–water partition coefficient (Wildman–Crippen LogP) is 2.85. The molecule has 2 rings (SSSR count). The van der Waals surface area contributed by atoms with Gasteiger partial charge in [-0.1, -0.05) is 39.5 Å². The minimum atomic E-state index is 0.472. The van der Waals surface area contributed by atoms with Crippen molar-refractivity contribution in [3.8, 4) is 0 Å².